The normalized spacial score (nSPS) is 17.1. The van der Waals surface area contributed by atoms with Crippen LogP contribution in [-0.2, 0) is 5.41 Å². The third-order valence-electron chi connectivity index (χ3n) is 3.24. The number of carbonyl (C=O) groups excluding carboxylic acids is 1. The quantitative estimate of drug-likeness (QED) is 0.910. The predicted octanol–water partition coefficient (Wildman–Crippen LogP) is 2.23. The van der Waals surface area contributed by atoms with Crippen molar-refractivity contribution in [1.29, 1.82) is 0 Å². The zero-order valence-corrected chi connectivity index (χ0v) is 12.2. The third-order valence-corrected chi connectivity index (χ3v) is 3.24. The van der Waals surface area contributed by atoms with E-state index >= 15 is 0 Å². The molecule has 6 heteroatoms. The number of urea groups is 1. The Morgan fingerprint density at radius 1 is 1.47 bits per heavy atom. The number of amides is 2. The second-order valence-corrected chi connectivity index (χ2v) is 6.22. The molecule has 0 bridgehead atoms. The van der Waals surface area contributed by atoms with Gasteiger partial charge in [0.05, 0.1) is 0 Å². The van der Waals surface area contributed by atoms with Gasteiger partial charge in [0, 0.05) is 18.5 Å². The SMILES string of the molecule is C[C@H](NC(=O)N(C)C1CC1)c1nc(C(C)(C)C)no1. The van der Waals surface area contributed by atoms with E-state index < -0.39 is 0 Å². The largest absolute Gasteiger partial charge is 0.337 e. The summed E-state index contributed by atoms with van der Waals surface area (Å²) >= 11 is 0. The van der Waals surface area contributed by atoms with Crippen molar-refractivity contribution in [1.82, 2.24) is 20.4 Å². The highest BCUT2D eigenvalue weighted by atomic mass is 16.5. The summed E-state index contributed by atoms with van der Waals surface area (Å²) in [6.45, 7) is 7.90. The highest BCUT2D eigenvalue weighted by molar-refractivity contribution is 5.74. The van der Waals surface area contributed by atoms with E-state index in [-0.39, 0.29) is 17.5 Å². The minimum atomic E-state index is -0.280. The number of nitrogens with zero attached hydrogens (tertiary/aromatic N) is 3. The fourth-order valence-electron chi connectivity index (χ4n) is 1.69. The number of aromatic nitrogens is 2. The smallest absolute Gasteiger partial charge is 0.318 e. The Hall–Kier alpha value is -1.59. The number of nitrogens with one attached hydrogen (secondary N) is 1. The van der Waals surface area contributed by atoms with Crippen LogP contribution in [-0.4, -0.2) is 34.2 Å². The molecule has 2 rings (SSSR count). The Labute approximate surface area is 113 Å². The maximum atomic E-state index is 11.9. The lowest BCUT2D eigenvalue weighted by molar-refractivity contribution is 0.200. The molecule has 1 heterocycles. The predicted molar refractivity (Wildman–Crippen MR) is 70.7 cm³/mol. The van der Waals surface area contributed by atoms with Crippen molar-refractivity contribution in [3.05, 3.63) is 11.7 Å². The molecule has 1 aromatic rings. The molecule has 1 atom stereocenters. The average molecular weight is 266 g/mol. The van der Waals surface area contributed by atoms with Gasteiger partial charge in [-0.25, -0.2) is 4.79 Å². The zero-order valence-electron chi connectivity index (χ0n) is 12.2. The lowest BCUT2D eigenvalue weighted by Crippen LogP contribution is -2.39. The lowest BCUT2D eigenvalue weighted by atomic mass is 9.96. The van der Waals surface area contributed by atoms with E-state index in [1.165, 1.54) is 0 Å². The summed E-state index contributed by atoms with van der Waals surface area (Å²) in [7, 11) is 1.81. The fourth-order valence-corrected chi connectivity index (χ4v) is 1.69. The Kier molecular flexibility index (Phi) is 3.52. The van der Waals surface area contributed by atoms with Crippen molar-refractivity contribution in [3.63, 3.8) is 0 Å². The summed E-state index contributed by atoms with van der Waals surface area (Å²) in [5.41, 5.74) is -0.156. The van der Waals surface area contributed by atoms with Crippen LogP contribution in [0, 0.1) is 0 Å². The maximum absolute atomic E-state index is 11.9. The summed E-state index contributed by atoms with van der Waals surface area (Å²) in [5.74, 6) is 1.10. The van der Waals surface area contributed by atoms with Crippen molar-refractivity contribution < 1.29 is 9.32 Å². The molecule has 0 aromatic carbocycles. The summed E-state index contributed by atoms with van der Waals surface area (Å²) in [6, 6.07) is 0.0165. The Morgan fingerprint density at radius 3 is 2.58 bits per heavy atom. The molecule has 0 aliphatic heterocycles. The van der Waals surface area contributed by atoms with Crippen molar-refractivity contribution in [2.75, 3.05) is 7.05 Å². The molecule has 1 N–H and O–H groups in total. The van der Waals surface area contributed by atoms with Gasteiger partial charge < -0.3 is 14.7 Å². The van der Waals surface area contributed by atoms with E-state index in [0.717, 1.165) is 12.8 Å². The molecule has 2 amide bonds. The average Bonchev–Trinajstić information content (AvgIpc) is 3.02. The van der Waals surface area contributed by atoms with Crippen molar-refractivity contribution in [3.8, 4) is 0 Å². The van der Waals surface area contributed by atoms with Crippen molar-refractivity contribution >= 4 is 6.03 Å². The highest BCUT2D eigenvalue weighted by Gasteiger charge is 2.31. The zero-order chi connectivity index (χ0) is 14.2. The molecular formula is C13H22N4O2. The first-order chi connectivity index (χ1) is 8.79. The van der Waals surface area contributed by atoms with Gasteiger partial charge in [-0.1, -0.05) is 25.9 Å². The molecule has 0 unspecified atom stereocenters. The summed E-state index contributed by atoms with van der Waals surface area (Å²) in [4.78, 5) is 18.0. The standard InChI is InChI=1S/C13H22N4O2/c1-8(14-12(18)17(5)9-6-7-9)10-15-11(16-19-10)13(2,3)4/h8-9H,6-7H2,1-5H3,(H,14,18)/t8-/m0/s1. The fraction of sp³-hybridized carbons (Fsp3) is 0.769. The van der Waals surface area contributed by atoms with Gasteiger partial charge in [0.1, 0.15) is 6.04 Å². The van der Waals surface area contributed by atoms with E-state index in [1.807, 2.05) is 34.7 Å². The molecule has 19 heavy (non-hydrogen) atoms. The van der Waals surface area contributed by atoms with Gasteiger partial charge in [-0.05, 0) is 19.8 Å². The van der Waals surface area contributed by atoms with Gasteiger partial charge in [0.2, 0.25) is 5.89 Å². The summed E-state index contributed by atoms with van der Waals surface area (Å²) in [5, 5.41) is 6.83. The summed E-state index contributed by atoms with van der Waals surface area (Å²) in [6.07, 6.45) is 2.18. The van der Waals surface area contributed by atoms with Gasteiger partial charge in [-0.2, -0.15) is 4.98 Å². The first-order valence-corrected chi connectivity index (χ1v) is 6.66. The Morgan fingerprint density at radius 2 is 2.11 bits per heavy atom. The molecule has 1 aromatic heterocycles. The van der Waals surface area contributed by atoms with Crippen LogP contribution in [0.2, 0.25) is 0 Å². The van der Waals surface area contributed by atoms with Gasteiger partial charge in [-0.3, -0.25) is 0 Å². The molecule has 0 saturated heterocycles. The minimum Gasteiger partial charge on any atom is -0.337 e. The van der Waals surface area contributed by atoms with Crippen LogP contribution in [0.15, 0.2) is 4.52 Å². The van der Waals surface area contributed by atoms with Crippen LogP contribution in [0.4, 0.5) is 4.79 Å². The van der Waals surface area contributed by atoms with Gasteiger partial charge in [0.25, 0.3) is 0 Å². The molecule has 1 fully saturated rings. The van der Waals surface area contributed by atoms with E-state index in [1.54, 1.807) is 4.90 Å². The van der Waals surface area contributed by atoms with E-state index in [0.29, 0.717) is 17.8 Å². The van der Waals surface area contributed by atoms with Gasteiger partial charge in [0.15, 0.2) is 5.82 Å². The van der Waals surface area contributed by atoms with Crippen LogP contribution in [0.3, 0.4) is 0 Å². The van der Waals surface area contributed by atoms with Gasteiger partial charge >= 0.3 is 6.03 Å². The topological polar surface area (TPSA) is 71.3 Å². The van der Waals surface area contributed by atoms with E-state index in [4.69, 9.17) is 4.52 Å². The van der Waals surface area contributed by atoms with E-state index in [9.17, 15) is 4.79 Å². The molecule has 0 radical (unpaired) electrons. The Bertz CT molecular complexity index is 459. The minimum absolute atomic E-state index is 0.0921. The van der Waals surface area contributed by atoms with Gasteiger partial charge in [-0.15, -0.1) is 0 Å². The van der Waals surface area contributed by atoms with Crippen LogP contribution in [0.1, 0.15) is 58.3 Å². The first-order valence-electron chi connectivity index (χ1n) is 6.66. The van der Waals surface area contributed by atoms with Crippen LogP contribution < -0.4 is 5.32 Å². The second-order valence-electron chi connectivity index (χ2n) is 6.22. The van der Waals surface area contributed by atoms with Crippen LogP contribution in [0.25, 0.3) is 0 Å². The molecule has 6 nitrogen and oxygen atoms in total. The molecule has 1 saturated carbocycles. The third kappa shape index (κ3) is 3.24. The first kappa shape index (κ1) is 13.8. The van der Waals surface area contributed by atoms with Crippen molar-refractivity contribution in [2.45, 2.75) is 58.0 Å². The number of rotatable bonds is 3. The monoisotopic (exact) mass is 266 g/mol. The number of hydrogen-bond donors (Lipinski definition) is 1. The van der Waals surface area contributed by atoms with Crippen LogP contribution >= 0.6 is 0 Å². The number of hydrogen-bond acceptors (Lipinski definition) is 4. The number of carbonyl (C=O) groups is 1. The Balaban J connectivity index is 1.97. The molecular weight excluding hydrogens is 244 g/mol. The van der Waals surface area contributed by atoms with E-state index in [2.05, 4.69) is 15.5 Å². The second kappa shape index (κ2) is 4.83. The molecule has 0 spiro atoms. The molecule has 1 aliphatic carbocycles. The summed E-state index contributed by atoms with van der Waals surface area (Å²) < 4.78 is 5.22. The maximum Gasteiger partial charge on any atom is 0.318 e. The molecule has 106 valence electrons. The van der Waals surface area contributed by atoms with Crippen molar-refractivity contribution in [2.24, 2.45) is 0 Å². The lowest BCUT2D eigenvalue weighted by Gasteiger charge is -2.19. The van der Waals surface area contributed by atoms with Crippen LogP contribution in [0.5, 0.6) is 0 Å². The highest BCUT2D eigenvalue weighted by Crippen LogP contribution is 2.26. The molecule has 1 aliphatic rings.